The summed E-state index contributed by atoms with van der Waals surface area (Å²) in [5.41, 5.74) is 4.54. The van der Waals surface area contributed by atoms with Crippen molar-refractivity contribution in [3.8, 4) is 40.0 Å². The van der Waals surface area contributed by atoms with Crippen LogP contribution in [0.3, 0.4) is 0 Å². The minimum absolute atomic E-state index is 0.130. The Kier molecular flexibility index (Phi) is 5.76. The Morgan fingerprint density at radius 3 is 2.25 bits per heavy atom. The van der Waals surface area contributed by atoms with Crippen molar-refractivity contribution in [1.82, 2.24) is 15.0 Å². The van der Waals surface area contributed by atoms with Crippen molar-refractivity contribution < 1.29 is 33.2 Å². The minimum atomic E-state index is -0.506. The molecule has 3 aromatic carbocycles. The number of methoxy groups -OCH3 is 3. The minimum Gasteiger partial charge on any atom is -0.493 e. The molecule has 0 saturated carbocycles. The summed E-state index contributed by atoms with van der Waals surface area (Å²) in [5, 5.41) is 8.82. The van der Waals surface area contributed by atoms with Crippen LogP contribution in [0.25, 0.3) is 11.3 Å². The van der Waals surface area contributed by atoms with Crippen molar-refractivity contribution in [3.05, 3.63) is 77.5 Å². The van der Waals surface area contributed by atoms with Gasteiger partial charge in [-0.1, -0.05) is 35.5 Å². The number of esters is 1. The number of rotatable bonds is 6. The first-order valence-electron chi connectivity index (χ1n) is 13.0. The van der Waals surface area contributed by atoms with E-state index in [4.69, 9.17) is 28.4 Å². The van der Waals surface area contributed by atoms with Gasteiger partial charge in [-0.05, 0) is 41.0 Å². The average molecular weight is 542 g/mol. The third-order valence-electron chi connectivity index (χ3n) is 8.10. The Bertz CT molecular complexity index is 1580. The van der Waals surface area contributed by atoms with Crippen molar-refractivity contribution in [2.75, 3.05) is 34.7 Å². The highest BCUT2D eigenvalue weighted by molar-refractivity contribution is 5.79. The van der Waals surface area contributed by atoms with Crippen LogP contribution in [0.15, 0.2) is 60.8 Å². The van der Waals surface area contributed by atoms with Crippen LogP contribution in [0, 0.1) is 11.8 Å². The maximum atomic E-state index is 13.5. The third-order valence-corrected chi connectivity index (χ3v) is 8.10. The van der Waals surface area contributed by atoms with E-state index in [1.54, 1.807) is 27.5 Å². The van der Waals surface area contributed by atoms with Gasteiger partial charge in [0.2, 0.25) is 12.5 Å². The number of hydrogen-bond donors (Lipinski definition) is 0. The van der Waals surface area contributed by atoms with E-state index in [2.05, 4.69) is 10.3 Å². The molecule has 0 amide bonds. The van der Waals surface area contributed by atoms with Gasteiger partial charge in [0.25, 0.3) is 0 Å². The van der Waals surface area contributed by atoms with E-state index in [-0.39, 0.29) is 37.2 Å². The predicted molar refractivity (Wildman–Crippen MR) is 142 cm³/mol. The standard InChI is InChI=1S/C30H27N3O7/c1-35-24-9-17(10-25(36-2)29(24)37-3)26-18-11-22-23(40-15-39-22)12-19(18)28(20-14-38-30(34)27(20)26)33-21(13-31-32-33)16-7-5-4-6-8-16/h4-13,20,26-28H,14-15H2,1-3H3. The number of carbonyl (C=O) groups excluding carboxylic acids is 1. The highest BCUT2D eigenvalue weighted by atomic mass is 16.7. The smallest absolute Gasteiger partial charge is 0.310 e. The molecule has 7 rings (SSSR count). The van der Waals surface area contributed by atoms with Crippen LogP contribution in [0.2, 0.25) is 0 Å². The number of nitrogens with zero attached hydrogens (tertiary/aromatic N) is 3. The van der Waals surface area contributed by atoms with Crippen molar-refractivity contribution >= 4 is 5.97 Å². The maximum Gasteiger partial charge on any atom is 0.310 e. The molecular weight excluding hydrogens is 514 g/mol. The van der Waals surface area contributed by atoms with E-state index in [1.165, 1.54) is 0 Å². The molecule has 3 heterocycles. The first kappa shape index (κ1) is 24.3. The van der Waals surface area contributed by atoms with E-state index >= 15 is 0 Å². The number of cyclic esters (lactones) is 1. The van der Waals surface area contributed by atoms with Crippen LogP contribution >= 0.6 is 0 Å². The van der Waals surface area contributed by atoms with Crippen LogP contribution in [-0.4, -0.2) is 55.7 Å². The second kappa shape index (κ2) is 9.48. The van der Waals surface area contributed by atoms with Gasteiger partial charge in [0.05, 0.1) is 51.8 Å². The molecule has 1 aromatic heterocycles. The fraction of sp³-hybridized carbons (Fsp3) is 0.300. The Hall–Kier alpha value is -4.73. The van der Waals surface area contributed by atoms with E-state index in [9.17, 15) is 4.79 Å². The van der Waals surface area contributed by atoms with Crippen molar-refractivity contribution in [3.63, 3.8) is 0 Å². The predicted octanol–water partition coefficient (Wildman–Crippen LogP) is 4.22. The molecule has 2 aliphatic heterocycles. The van der Waals surface area contributed by atoms with Gasteiger partial charge in [-0.15, -0.1) is 5.10 Å². The number of carbonyl (C=O) groups is 1. The summed E-state index contributed by atoms with van der Waals surface area (Å²) in [6.07, 6.45) is 1.75. The van der Waals surface area contributed by atoms with Gasteiger partial charge in [-0.3, -0.25) is 4.79 Å². The maximum absolute atomic E-state index is 13.5. The van der Waals surface area contributed by atoms with Gasteiger partial charge in [-0.2, -0.15) is 0 Å². The summed E-state index contributed by atoms with van der Waals surface area (Å²) in [7, 11) is 4.72. The average Bonchev–Trinajstić information content (AvgIpc) is 3.75. The fourth-order valence-corrected chi connectivity index (χ4v) is 6.39. The van der Waals surface area contributed by atoms with E-state index < -0.39 is 5.92 Å². The quantitative estimate of drug-likeness (QED) is 0.332. The summed E-state index contributed by atoms with van der Waals surface area (Å²) >= 11 is 0. The number of ether oxygens (including phenoxy) is 6. The zero-order valence-electron chi connectivity index (χ0n) is 22.2. The lowest BCUT2D eigenvalue weighted by Crippen LogP contribution is -2.38. The molecule has 10 heteroatoms. The molecule has 4 aromatic rings. The normalized spacial score (nSPS) is 22.3. The molecule has 40 heavy (non-hydrogen) atoms. The lowest BCUT2D eigenvalue weighted by atomic mass is 9.65. The summed E-state index contributed by atoms with van der Waals surface area (Å²) < 4.78 is 36.2. The molecule has 1 saturated heterocycles. The molecule has 4 unspecified atom stereocenters. The van der Waals surface area contributed by atoms with Gasteiger partial charge in [0, 0.05) is 17.4 Å². The molecule has 1 aliphatic carbocycles. The van der Waals surface area contributed by atoms with Gasteiger partial charge < -0.3 is 28.4 Å². The van der Waals surface area contributed by atoms with Crippen LogP contribution in [0.4, 0.5) is 0 Å². The van der Waals surface area contributed by atoms with Gasteiger partial charge >= 0.3 is 5.97 Å². The number of fused-ring (bicyclic) bond motifs is 3. The number of benzene rings is 3. The molecule has 0 radical (unpaired) electrons. The zero-order valence-corrected chi connectivity index (χ0v) is 22.2. The first-order valence-corrected chi connectivity index (χ1v) is 13.0. The zero-order chi connectivity index (χ0) is 27.4. The van der Waals surface area contributed by atoms with Crippen LogP contribution in [0.1, 0.15) is 28.7 Å². The lowest BCUT2D eigenvalue weighted by molar-refractivity contribution is -0.141. The Morgan fingerprint density at radius 1 is 0.875 bits per heavy atom. The highest BCUT2D eigenvalue weighted by Gasteiger charge is 2.54. The molecule has 1 fully saturated rings. The third kappa shape index (κ3) is 3.59. The van der Waals surface area contributed by atoms with Crippen LogP contribution in [0.5, 0.6) is 28.7 Å². The molecule has 4 atom stereocenters. The first-order chi connectivity index (χ1) is 19.6. The lowest BCUT2D eigenvalue weighted by Gasteiger charge is -2.39. The van der Waals surface area contributed by atoms with E-state index in [0.717, 1.165) is 27.9 Å². The summed E-state index contributed by atoms with van der Waals surface area (Å²) in [6.45, 7) is 0.377. The van der Waals surface area contributed by atoms with Gasteiger partial charge in [0.1, 0.15) is 0 Å². The summed E-state index contributed by atoms with van der Waals surface area (Å²) in [6, 6.07) is 17.4. The number of aromatic nitrogens is 3. The highest BCUT2D eigenvalue weighted by Crippen LogP contribution is 2.56. The summed E-state index contributed by atoms with van der Waals surface area (Å²) in [4.78, 5) is 13.5. The Morgan fingerprint density at radius 2 is 1.57 bits per heavy atom. The molecule has 10 nitrogen and oxygen atoms in total. The molecule has 0 N–H and O–H groups in total. The Balaban J connectivity index is 1.47. The molecule has 0 spiro atoms. The van der Waals surface area contributed by atoms with Crippen molar-refractivity contribution in [2.45, 2.75) is 12.0 Å². The van der Waals surface area contributed by atoms with Gasteiger partial charge in [-0.25, -0.2) is 4.68 Å². The van der Waals surface area contributed by atoms with Crippen LogP contribution in [-0.2, 0) is 9.53 Å². The molecule has 3 aliphatic rings. The second-order valence-corrected chi connectivity index (χ2v) is 9.97. The Labute approximate surface area is 230 Å². The van der Waals surface area contributed by atoms with Gasteiger partial charge in [0.15, 0.2) is 23.0 Å². The fourth-order valence-electron chi connectivity index (χ4n) is 6.39. The van der Waals surface area contributed by atoms with E-state index in [0.29, 0.717) is 28.7 Å². The van der Waals surface area contributed by atoms with Crippen molar-refractivity contribution in [1.29, 1.82) is 0 Å². The molecular formula is C30H27N3O7. The monoisotopic (exact) mass is 541 g/mol. The topological polar surface area (TPSA) is 103 Å². The van der Waals surface area contributed by atoms with Crippen LogP contribution < -0.4 is 23.7 Å². The molecule has 204 valence electrons. The number of hydrogen-bond acceptors (Lipinski definition) is 9. The second-order valence-electron chi connectivity index (χ2n) is 9.97. The van der Waals surface area contributed by atoms with Crippen molar-refractivity contribution in [2.24, 2.45) is 11.8 Å². The molecule has 0 bridgehead atoms. The largest absolute Gasteiger partial charge is 0.493 e. The SMILES string of the molecule is COc1cc(C2c3cc4c(cc3C(n3nncc3-c3ccccc3)C3COC(=O)C23)OCO4)cc(OC)c1OC. The van der Waals surface area contributed by atoms with E-state index in [1.807, 2.05) is 59.3 Å². The summed E-state index contributed by atoms with van der Waals surface area (Å²) in [5.74, 6) is 1.39.